The minimum atomic E-state index is 0.210. The lowest BCUT2D eigenvalue weighted by molar-refractivity contribution is 0.0498. The first-order valence-corrected chi connectivity index (χ1v) is 10.9. The molecule has 1 aromatic carbocycles. The second-order valence-corrected chi connectivity index (χ2v) is 8.03. The molecular formula is C21H30N4O2S. The second-order valence-electron chi connectivity index (χ2n) is 7.25. The number of aliphatic hydroxyl groups excluding tert-OH is 1. The van der Waals surface area contributed by atoms with Gasteiger partial charge in [-0.15, -0.1) is 0 Å². The molecule has 1 fully saturated rings. The van der Waals surface area contributed by atoms with E-state index in [9.17, 15) is 5.11 Å². The van der Waals surface area contributed by atoms with Crippen molar-refractivity contribution in [2.75, 3.05) is 39.6 Å². The molecule has 1 atom stereocenters. The summed E-state index contributed by atoms with van der Waals surface area (Å²) in [4.78, 5) is 13.7. The molecule has 1 saturated heterocycles. The van der Waals surface area contributed by atoms with E-state index in [2.05, 4.69) is 38.8 Å². The summed E-state index contributed by atoms with van der Waals surface area (Å²) in [5.74, 6) is 0.926. The van der Waals surface area contributed by atoms with Gasteiger partial charge in [0, 0.05) is 63.3 Å². The third-order valence-electron chi connectivity index (χ3n) is 5.27. The summed E-state index contributed by atoms with van der Waals surface area (Å²) >= 11 is 1.56. The highest BCUT2D eigenvalue weighted by Gasteiger charge is 2.26. The molecule has 7 heteroatoms. The normalized spacial score (nSPS) is 18.4. The fourth-order valence-electron chi connectivity index (χ4n) is 3.79. The van der Waals surface area contributed by atoms with E-state index in [1.165, 1.54) is 5.56 Å². The molecule has 0 aliphatic carbocycles. The van der Waals surface area contributed by atoms with E-state index in [-0.39, 0.29) is 6.61 Å². The van der Waals surface area contributed by atoms with Gasteiger partial charge in [0.1, 0.15) is 5.75 Å². The number of ether oxygens (including phenoxy) is 1. The zero-order chi connectivity index (χ0) is 19.9. The third-order valence-corrected chi connectivity index (χ3v) is 5.84. The number of hydrogen-bond donors (Lipinski definition) is 1. The van der Waals surface area contributed by atoms with Crippen LogP contribution >= 0.6 is 11.8 Å². The number of aryl methyl sites for hydroxylation is 1. The number of benzene rings is 1. The Morgan fingerprint density at radius 2 is 1.96 bits per heavy atom. The van der Waals surface area contributed by atoms with Gasteiger partial charge < -0.3 is 9.84 Å². The van der Waals surface area contributed by atoms with Gasteiger partial charge in [-0.25, -0.2) is 9.97 Å². The van der Waals surface area contributed by atoms with Gasteiger partial charge in [-0.1, -0.05) is 23.9 Å². The summed E-state index contributed by atoms with van der Waals surface area (Å²) in [5.41, 5.74) is 3.58. The zero-order valence-electron chi connectivity index (χ0n) is 17.0. The van der Waals surface area contributed by atoms with Crippen LogP contribution in [-0.2, 0) is 13.1 Å². The van der Waals surface area contributed by atoms with E-state index in [1.807, 2.05) is 24.7 Å². The number of piperazine rings is 1. The van der Waals surface area contributed by atoms with E-state index in [4.69, 9.17) is 4.74 Å². The molecule has 0 saturated carbocycles. The van der Waals surface area contributed by atoms with E-state index in [1.54, 1.807) is 18.9 Å². The molecule has 0 amide bonds. The Balaban J connectivity index is 1.62. The highest BCUT2D eigenvalue weighted by molar-refractivity contribution is 7.98. The van der Waals surface area contributed by atoms with Crippen molar-refractivity contribution in [3.63, 3.8) is 0 Å². The lowest BCUT2D eigenvalue weighted by Crippen LogP contribution is -2.52. The summed E-state index contributed by atoms with van der Waals surface area (Å²) < 4.78 is 5.37. The fourth-order valence-corrected chi connectivity index (χ4v) is 4.11. The van der Waals surface area contributed by atoms with E-state index >= 15 is 0 Å². The average Bonchev–Trinajstić information content (AvgIpc) is 2.71. The SMILES string of the molecule is COc1ccc(CN2CCN(Cc3cnc(SC)nc3)C[C@H]2CCO)cc1C. The van der Waals surface area contributed by atoms with Crippen LogP contribution in [0, 0.1) is 6.92 Å². The molecule has 2 aromatic rings. The topological polar surface area (TPSA) is 61.7 Å². The summed E-state index contributed by atoms with van der Waals surface area (Å²) in [6.45, 7) is 6.97. The molecule has 0 spiro atoms. The van der Waals surface area contributed by atoms with Crippen molar-refractivity contribution in [1.82, 2.24) is 19.8 Å². The number of rotatable bonds is 8. The first kappa shape index (κ1) is 21.0. The monoisotopic (exact) mass is 402 g/mol. The van der Waals surface area contributed by atoms with Gasteiger partial charge >= 0.3 is 0 Å². The Morgan fingerprint density at radius 3 is 2.61 bits per heavy atom. The quantitative estimate of drug-likeness (QED) is 0.538. The molecule has 1 aliphatic rings. The first-order chi connectivity index (χ1) is 13.6. The highest BCUT2D eigenvalue weighted by Crippen LogP contribution is 2.22. The molecule has 1 N–H and O–H groups in total. The van der Waals surface area contributed by atoms with Crippen LogP contribution in [0.2, 0.25) is 0 Å². The molecule has 1 aliphatic heterocycles. The molecule has 2 heterocycles. The Bertz CT molecular complexity index is 757. The summed E-state index contributed by atoms with van der Waals surface area (Å²) in [5, 5.41) is 10.4. The van der Waals surface area contributed by atoms with Crippen LogP contribution < -0.4 is 4.74 Å². The van der Waals surface area contributed by atoms with Crippen LogP contribution in [0.25, 0.3) is 0 Å². The summed E-state index contributed by atoms with van der Waals surface area (Å²) in [6.07, 6.45) is 6.62. The Kier molecular flexibility index (Phi) is 7.67. The largest absolute Gasteiger partial charge is 0.496 e. The third kappa shape index (κ3) is 5.44. The molecule has 0 bridgehead atoms. The van der Waals surface area contributed by atoms with Gasteiger partial charge in [-0.3, -0.25) is 9.80 Å². The van der Waals surface area contributed by atoms with Gasteiger partial charge in [0.2, 0.25) is 0 Å². The number of thioether (sulfide) groups is 1. The van der Waals surface area contributed by atoms with Gasteiger partial charge in [0.05, 0.1) is 7.11 Å². The first-order valence-electron chi connectivity index (χ1n) is 9.68. The Hall–Kier alpha value is -1.67. The van der Waals surface area contributed by atoms with Crippen LogP contribution in [0.15, 0.2) is 35.7 Å². The maximum Gasteiger partial charge on any atom is 0.187 e. The van der Waals surface area contributed by atoms with Crippen molar-refractivity contribution in [1.29, 1.82) is 0 Å². The van der Waals surface area contributed by atoms with E-state index in [0.717, 1.165) is 61.2 Å². The Labute approximate surface area is 171 Å². The fraction of sp³-hybridized carbons (Fsp3) is 0.524. The number of hydrogen-bond acceptors (Lipinski definition) is 7. The van der Waals surface area contributed by atoms with Crippen molar-refractivity contribution in [3.05, 3.63) is 47.3 Å². The number of aliphatic hydroxyl groups is 1. The predicted molar refractivity (Wildman–Crippen MR) is 113 cm³/mol. The predicted octanol–water partition coefficient (Wildman–Crippen LogP) is 2.58. The molecule has 1 aromatic heterocycles. The zero-order valence-corrected chi connectivity index (χ0v) is 17.8. The van der Waals surface area contributed by atoms with E-state index < -0.39 is 0 Å². The lowest BCUT2D eigenvalue weighted by Gasteiger charge is -2.41. The number of nitrogens with zero attached hydrogens (tertiary/aromatic N) is 4. The number of methoxy groups -OCH3 is 1. The van der Waals surface area contributed by atoms with Crippen molar-refractivity contribution in [3.8, 4) is 5.75 Å². The van der Waals surface area contributed by atoms with E-state index in [0.29, 0.717) is 6.04 Å². The smallest absolute Gasteiger partial charge is 0.187 e. The molecule has 6 nitrogen and oxygen atoms in total. The Morgan fingerprint density at radius 1 is 1.18 bits per heavy atom. The maximum absolute atomic E-state index is 9.56. The van der Waals surface area contributed by atoms with Crippen molar-refractivity contribution < 1.29 is 9.84 Å². The van der Waals surface area contributed by atoms with Gasteiger partial charge in [-0.05, 0) is 36.8 Å². The molecular weight excluding hydrogens is 372 g/mol. The molecule has 0 radical (unpaired) electrons. The second kappa shape index (κ2) is 10.2. The average molecular weight is 403 g/mol. The van der Waals surface area contributed by atoms with Crippen molar-refractivity contribution in [2.45, 2.75) is 37.6 Å². The van der Waals surface area contributed by atoms with Gasteiger partial charge in [-0.2, -0.15) is 0 Å². The molecule has 0 unspecified atom stereocenters. The molecule has 152 valence electrons. The lowest BCUT2D eigenvalue weighted by atomic mass is 10.0. The molecule has 3 rings (SSSR count). The maximum atomic E-state index is 9.56. The van der Waals surface area contributed by atoms with Crippen molar-refractivity contribution >= 4 is 11.8 Å². The van der Waals surface area contributed by atoms with Crippen LogP contribution in [0.1, 0.15) is 23.1 Å². The summed E-state index contributed by atoms with van der Waals surface area (Å²) in [7, 11) is 1.71. The standard InChI is InChI=1S/C21H30N4O2S/c1-16-10-17(4-5-20(16)27-2)14-25-8-7-24(15-19(25)6-9-26)13-18-11-22-21(28-3)23-12-18/h4-5,10-12,19,26H,6-9,13-15H2,1-3H3/t19-/m1/s1. The molecule has 28 heavy (non-hydrogen) atoms. The van der Waals surface area contributed by atoms with Crippen LogP contribution in [0.3, 0.4) is 0 Å². The van der Waals surface area contributed by atoms with Crippen LogP contribution in [-0.4, -0.2) is 70.5 Å². The van der Waals surface area contributed by atoms with Crippen LogP contribution in [0.5, 0.6) is 5.75 Å². The van der Waals surface area contributed by atoms with Crippen LogP contribution in [0.4, 0.5) is 0 Å². The minimum Gasteiger partial charge on any atom is -0.496 e. The van der Waals surface area contributed by atoms with Gasteiger partial charge in [0.25, 0.3) is 0 Å². The van der Waals surface area contributed by atoms with Crippen molar-refractivity contribution in [2.24, 2.45) is 0 Å². The van der Waals surface area contributed by atoms with Gasteiger partial charge in [0.15, 0.2) is 5.16 Å². The highest BCUT2D eigenvalue weighted by atomic mass is 32.2. The number of aromatic nitrogens is 2. The minimum absolute atomic E-state index is 0.210. The summed E-state index contributed by atoms with van der Waals surface area (Å²) in [6, 6.07) is 6.72.